The Balaban J connectivity index is 0.000000455. The highest BCUT2D eigenvalue weighted by Gasteiger charge is 2.25. The van der Waals surface area contributed by atoms with Crippen molar-refractivity contribution in [2.24, 2.45) is 0 Å². The van der Waals surface area contributed by atoms with Crippen molar-refractivity contribution in [3.63, 3.8) is 0 Å². The summed E-state index contributed by atoms with van der Waals surface area (Å²) in [6, 6.07) is 12.6. The first-order valence-corrected chi connectivity index (χ1v) is 11.7. The van der Waals surface area contributed by atoms with E-state index >= 15 is 0 Å². The molecule has 10 heteroatoms. The molecule has 0 amide bonds. The monoisotopic (exact) mass is 494 g/mol. The molecule has 188 valence electrons. The fourth-order valence-corrected chi connectivity index (χ4v) is 4.58. The van der Waals surface area contributed by atoms with Gasteiger partial charge >= 0.3 is 11.9 Å². The second-order valence-corrected chi connectivity index (χ2v) is 8.71. The Labute approximate surface area is 207 Å². The van der Waals surface area contributed by atoms with Crippen LogP contribution in [-0.4, -0.2) is 66.6 Å². The second-order valence-electron chi connectivity index (χ2n) is 8.71. The molecule has 36 heavy (non-hydrogen) atoms. The molecular weight excluding hydrogens is 467 g/mol. The summed E-state index contributed by atoms with van der Waals surface area (Å²) in [5, 5.41) is 28.6. The van der Waals surface area contributed by atoms with Gasteiger partial charge in [-0.15, -0.1) is 0 Å². The van der Waals surface area contributed by atoms with Gasteiger partial charge in [0.15, 0.2) is 5.82 Å². The molecule has 1 aromatic heterocycles. The summed E-state index contributed by atoms with van der Waals surface area (Å²) >= 11 is 0. The maximum Gasteiger partial charge on any atom is 0.414 e. The lowest BCUT2D eigenvalue weighted by Gasteiger charge is -2.30. The smallest absolute Gasteiger partial charge is 0.414 e. The van der Waals surface area contributed by atoms with Crippen LogP contribution >= 0.6 is 0 Å². The Morgan fingerprint density at radius 1 is 0.944 bits per heavy atom. The van der Waals surface area contributed by atoms with Crippen molar-refractivity contribution >= 4 is 17.5 Å². The predicted molar refractivity (Wildman–Crippen MR) is 129 cm³/mol. The molecule has 0 spiro atoms. The molecule has 1 fully saturated rings. The summed E-state index contributed by atoms with van der Waals surface area (Å²) in [5.74, 6) is -2.61. The molecule has 0 unspecified atom stereocenters. The van der Waals surface area contributed by atoms with E-state index in [2.05, 4.69) is 15.0 Å². The largest absolute Gasteiger partial charge is 0.508 e. The van der Waals surface area contributed by atoms with E-state index in [1.54, 1.807) is 30.6 Å². The predicted octanol–water partition coefficient (Wildman–Crippen LogP) is 2.97. The van der Waals surface area contributed by atoms with Crippen molar-refractivity contribution in [3.8, 4) is 5.75 Å². The first kappa shape index (κ1) is 25.1. The lowest BCUT2D eigenvalue weighted by Crippen LogP contribution is -2.33. The van der Waals surface area contributed by atoms with Crippen molar-refractivity contribution in [2.45, 2.75) is 32.2 Å². The van der Waals surface area contributed by atoms with Crippen LogP contribution < -0.4 is 0 Å². The summed E-state index contributed by atoms with van der Waals surface area (Å²) < 4.78 is 15.8. The number of phenolic OH excluding ortho intramolecular Hbond substituents is 1. The Morgan fingerprint density at radius 2 is 1.64 bits per heavy atom. The molecule has 0 aliphatic carbocycles. The van der Waals surface area contributed by atoms with Crippen LogP contribution in [0.25, 0.3) is 5.57 Å². The van der Waals surface area contributed by atoms with Crippen LogP contribution in [-0.2, 0) is 29.0 Å². The quantitative estimate of drug-likeness (QED) is 0.474. The maximum absolute atomic E-state index is 13.9. The zero-order valence-corrected chi connectivity index (χ0v) is 19.6. The van der Waals surface area contributed by atoms with E-state index in [0.717, 1.165) is 74.4 Å². The third-order valence-corrected chi connectivity index (χ3v) is 6.42. The van der Waals surface area contributed by atoms with Gasteiger partial charge in [-0.1, -0.05) is 23.8 Å². The SMILES string of the molecule is O=C(O)C(=O)O.Oc1ccc(CCN2CCC(=C3c4ccc(F)cc4CCn4ncnc43)CC2)cc1. The highest BCUT2D eigenvalue weighted by Crippen LogP contribution is 2.35. The minimum absolute atomic E-state index is 0.186. The minimum atomic E-state index is -1.82. The topological polar surface area (TPSA) is 129 Å². The number of aromatic hydroxyl groups is 1. The van der Waals surface area contributed by atoms with E-state index in [9.17, 15) is 9.50 Å². The zero-order valence-electron chi connectivity index (χ0n) is 19.6. The lowest BCUT2D eigenvalue weighted by molar-refractivity contribution is -0.159. The molecule has 0 saturated carbocycles. The number of hydrogen-bond donors (Lipinski definition) is 3. The maximum atomic E-state index is 13.9. The van der Waals surface area contributed by atoms with Gasteiger partial charge in [0.25, 0.3) is 0 Å². The average molecular weight is 495 g/mol. The van der Waals surface area contributed by atoms with E-state index in [4.69, 9.17) is 19.8 Å². The van der Waals surface area contributed by atoms with Crippen LogP contribution in [0.2, 0.25) is 0 Å². The van der Waals surface area contributed by atoms with Crippen LogP contribution in [0.1, 0.15) is 35.4 Å². The minimum Gasteiger partial charge on any atom is -0.508 e. The summed E-state index contributed by atoms with van der Waals surface area (Å²) in [7, 11) is 0. The number of likely N-dealkylation sites (tertiary alicyclic amines) is 1. The number of carboxylic acid groups (broad SMARTS) is 2. The van der Waals surface area contributed by atoms with E-state index in [0.29, 0.717) is 5.75 Å². The number of aromatic nitrogens is 3. The zero-order chi connectivity index (χ0) is 25.7. The Morgan fingerprint density at radius 3 is 2.31 bits per heavy atom. The van der Waals surface area contributed by atoms with Crippen molar-refractivity contribution in [1.82, 2.24) is 19.7 Å². The molecule has 3 heterocycles. The van der Waals surface area contributed by atoms with Gasteiger partial charge in [-0.05, 0) is 66.6 Å². The van der Waals surface area contributed by atoms with Gasteiger partial charge in [0, 0.05) is 31.8 Å². The number of carbonyl (C=O) groups is 2. The summed E-state index contributed by atoms with van der Waals surface area (Å²) in [4.78, 5) is 25.3. The van der Waals surface area contributed by atoms with Gasteiger partial charge in [0.1, 0.15) is 17.9 Å². The molecule has 0 radical (unpaired) electrons. The first-order valence-electron chi connectivity index (χ1n) is 11.7. The number of carboxylic acids is 2. The van der Waals surface area contributed by atoms with E-state index in [1.165, 1.54) is 11.1 Å². The van der Waals surface area contributed by atoms with Crippen molar-refractivity contribution < 1.29 is 29.3 Å². The lowest BCUT2D eigenvalue weighted by atomic mass is 9.89. The van der Waals surface area contributed by atoms with Crippen molar-refractivity contribution in [1.29, 1.82) is 0 Å². The number of rotatable bonds is 3. The van der Waals surface area contributed by atoms with Gasteiger partial charge in [-0.3, -0.25) is 0 Å². The first-order chi connectivity index (χ1) is 17.3. The van der Waals surface area contributed by atoms with E-state index in [-0.39, 0.29) is 5.82 Å². The van der Waals surface area contributed by atoms with Crippen molar-refractivity contribution in [2.75, 3.05) is 19.6 Å². The van der Waals surface area contributed by atoms with Crippen LogP contribution in [0.5, 0.6) is 5.75 Å². The standard InChI is InChI=1S/C24H25FN4O.C2H2O4/c25-20-3-6-22-19(15-20)10-14-29-24(26-16-27-29)23(22)18-8-12-28(13-9-18)11-7-17-1-4-21(30)5-2-17;3-1(4)2(5)6/h1-6,15-16,30H,7-14H2;(H,3,4)(H,5,6). The molecule has 3 aromatic rings. The number of halogens is 1. The number of phenols is 1. The molecule has 2 aliphatic heterocycles. The molecule has 1 saturated heterocycles. The number of nitrogens with zero attached hydrogens (tertiary/aromatic N) is 4. The summed E-state index contributed by atoms with van der Waals surface area (Å²) in [5.41, 5.74) is 5.93. The van der Waals surface area contributed by atoms with Gasteiger partial charge in [0.05, 0.1) is 0 Å². The van der Waals surface area contributed by atoms with Gasteiger partial charge in [-0.2, -0.15) is 5.10 Å². The molecular formula is C26H27FN4O5. The number of aliphatic carboxylic acids is 2. The highest BCUT2D eigenvalue weighted by molar-refractivity contribution is 6.27. The average Bonchev–Trinajstić information content (AvgIpc) is 3.27. The third kappa shape index (κ3) is 5.95. The van der Waals surface area contributed by atoms with E-state index < -0.39 is 11.9 Å². The van der Waals surface area contributed by atoms with Gasteiger partial charge < -0.3 is 20.2 Å². The molecule has 9 nitrogen and oxygen atoms in total. The van der Waals surface area contributed by atoms with Crippen LogP contribution in [0.4, 0.5) is 4.39 Å². The Bertz CT molecular complexity index is 1260. The molecule has 3 N–H and O–H groups in total. The Hall–Kier alpha value is -4.05. The van der Waals surface area contributed by atoms with Crippen molar-refractivity contribution in [3.05, 3.63) is 82.7 Å². The number of benzene rings is 2. The molecule has 5 rings (SSSR count). The van der Waals surface area contributed by atoms with Crippen LogP contribution in [0.3, 0.4) is 0 Å². The third-order valence-electron chi connectivity index (χ3n) is 6.42. The number of fused-ring (bicyclic) bond motifs is 2. The number of hydrogen-bond acceptors (Lipinski definition) is 6. The van der Waals surface area contributed by atoms with Crippen LogP contribution in [0, 0.1) is 5.82 Å². The fraction of sp³-hybridized carbons (Fsp3) is 0.308. The molecule has 0 bridgehead atoms. The summed E-state index contributed by atoms with van der Waals surface area (Å²) in [6.07, 6.45) is 5.32. The molecule has 2 aliphatic rings. The Kier molecular flexibility index (Phi) is 7.74. The molecule has 2 aromatic carbocycles. The normalized spacial score (nSPS) is 15.2. The molecule has 0 atom stereocenters. The van der Waals surface area contributed by atoms with E-state index in [1.807, 2.05) is 22.9 Å². The number of aryl methyl sites for hydroxylation is 2. The highest BCUT2D eigenvalue weighted by atomic mass is 19.1. The summed E-state index contributed by atoms with van der Waals surface area (Å²) in [6.45, 7) is 3.73. The second kappa shape index (κ2) is 11.1. The van der Waals surface area contributed by atoms with Gasteiger partial charge in [0.2, 0.25) is 0 Å². The fourth-order valence-electron chi connectivity index (χ4n) is 4.58. The van der Waals surface area contributed by atoms with Gasteiger partial charge in [-0.25, -0.2) is 23.6 Å². The number of piperidine rings is 1. The van der Waals surface area contributed by atoms with Crippen LogP contribution in [0.15, 0.2) is 54.4 Å².